The first-order valence-corrected chi connectivity index (χ1v) is 8.65. The molecule has 1 aromatic heterocycles. The van der Waals surface area contributed by atoms with Gasteiger partial charge in [-0.2, -0.15) is 5.10 Å². The second-order valence-electron chi connectivity index (χ2n) is 6.70. The number of hydrogen-bond acceptors (Lipinski definition) is 3. The summed E-state index contributed by atoms with van der Waals surface area (Å²) in [6, 6.07) is 6.92. The maximum atomic E-state index is 13.3. The van der Waals surface area contributed by atoms with Gasteiger partial charge in [-0.1, -0.05) is 38.5 Å². The Hall–Kier alpha value is -2.63. The molecule has 0 bridgehead atoms. The highest BCUT2D eigenvalue weighted by molar-refractivity contribution is 6.02. The molecule has 3 atom stereocenters. The van der Waals surface area contributed by atoms with Gasteiger partial charge in [0.25, 0.3) is 5.91 Å². The zero-order valence-electron chi connectivity index (χ0n) is 15.1. The normalized spacial score (nSPS) is 21.3. The maximum absolute atomic E-state index is 13.3. The molecule has 0 saturated heterocycles. The maximum Gasteiger partial charge on any atom is 0.258 e. The molecule has 0 spiro atoms. The lowest BCUT2D eigenvalue weighted by Gasteiger charge is -2.36. The number of aryl methyl sites for hydroxylation is 1. The molecule has 1 N–H and O–H groups in total. The van der Waals surface area contributed by atoms with Crippen LogP contribution in [0.15, 0.2) is 36.7 Å². The molecule has 2 amide bonds. The molecule has 0 saturated carbocycles. The van der Waals surface area contributed by atoms with E-state index in [1.165, 1.54) is 0 Å². The number of amides is 2. The van der Waals surface area contributed by atoms with Gasteiger partial charge in [0.2, 0.25) is 5.91 Å². The molecule has 1 aromatic carbocycles. The van der Waals surface area contributed by atoms with E-state index in [0.29, 0.717) is 5.56 Å². The van der Waals surface area contributed by atoms with Crippen molar-refractivity contribution in [3.8, 4) is 0 Å². The standard InChI is InChI=1S/C19H24N4O2/c1-5-12(2)17-18(24)21-16-9-7-6-8-15(16)13(3)23(17)19(25)14-10-20-22(4)11-14/h6-13,17H,5H2,1-4H3,(H,21,24)/t12-,13-,17-/m0/s1. The van der Waals surface area contributed by atoms with Crippen LogP contribution in [0.2, 0.25) is 0 Å². The van der Waals surface area contributed by atoms with Crippen LogP contribution in [-0.4, -0.2) is 32.5 Å². The number of fused-ring (bicyclic) bond motifs is 1. The van der Waals surface area contributed by atoms with Crippen LogP contribution in [0.25, 0.3) is 0 Å². The molecule has 1 aliphatic rings. The van der Waals surface area contributed by atoms with Gasteiger partial charge in [0, 0.05) is 18.9 Å². The summed E-state index contributed by atoms with van der Waals surface area (Å²) in [4.78, 5) is 27.9. The number of hydrogen-bond donors (Lipinski definition) is 1. The number of aromatic nitrogens is 2. The molecule has 3 rings (SSSR count). The number of para-hydroxylation sites is 1. The van der Waals surface area contributed by atoms with Crippen molar-refractivity contribution in [1.29, 1.82) is 0 Å². The number of carbonyl (C=O) groups excluding carboxylic acids is 2. The largest absolute Gasteiger partial charge is 0.324 e. The SMILES string of the molecule is CC[C@H](C)[C@H]1C(=O)Nc2ccccc2[C@H](C)N1C(=O)c1cnn(C)c1. The number of rotatable bonds is 3. The van der Waals surface area contributed by atoms with Crippen LogP contribution >= 0.6 is 0 Å². The van der Waals surface area contributed by atoms with Gasteiger partial charge in [0.1, 0.15) is 6.04 Å². The first-order chi connectivity index (χ1) is 11.9. The van der Waals surface area contributed by atoms with Crippen molar-refractivity contribution in [2.45, 2.75) is 39.3 Å². The van der Waals surface area contributed by atoms with E-state index in [1.54, 1.807) is 29.0 Å². The Balaban J connectivity index is 2.11. The third-order valence-corrected chi connectivity index (χ3v) is 5.02. The Labute approximate surface area is 147 Å². The van der Waals surface area contributed by atoms with Gasteiger partial charge in [-0.3, -0.25) is 14.3 Å². The van der Waals surface area contributed by atoms with E-state index in [0.717, 1.165) is 17.7 Å². The highest BCUT2D eigenvalue weighted by Crippen LogP contribution is 2.35. The average molecular weight is 340 g/mol. The van der Waals surface area contributed by atoms with E-state index >= 15 is 0 Å². The zero-order chi connectivity index (χ0) is 18.1. The number of anilines is 1. The minimum absolute atomic E-state index is 0.0392. The molecule has 0 fully saturated rings. The molecular formula is C19H24N4O2. The van der Waals surface area contributed by atoms with Crippen LogP contribution in [0.1, 0.15) is 49.2 Å². The first kappa shape index (κ1) is 17.2. The van der Waals surface area contributed by atoms with Crippen LogP contribution in [-0.2, 0) is 11.8 Å². The van der Waals surface area contributed by atoms with E-state index in [9.17, 15) is 9.59 Å². The molecule has 0 radical (unpaired) electrons. The van der Waals surface area contributed by atoms with E-state index in [4.69, 9.17) is 0 Å². The minimum Gasteiger partial charge on any atom is -0.324 e. The van der Waals surface area contributed by atoms with Gasteiger partial charge in [-0.25, -0.2) is 0 Å². The quantitative estimate of drug-likeness (QED) is 0.934. The molecule has 132 valence electrons. The van der Waals surface area contributed by atoms with Gasteiger partial charge in [0.05, 0.1) is 17.8 Å². The lowest BCUT2D eigenvalue weighted by Crippen LogP contribution is -2.50. The van der Waals surface area contributed by atoms with Crippen LogP contribution in [0, 0.1) is 5.92 Å². The van der Waals surface area contributed by atoms with Crippen molar-refractivity contribution < 1.29 is 9.59 Å². The molecule has 6 heteroatoms. The second kappa shape index (κ2) is 6.70. The predicted octanol–water partition coefficient (Wildman–Crippen LogP) is 2.99. The van der Waals surface area contributed by atoms with Crippen molar-refractivity contribution in [3.05, 3.63) is 47.8 Å². The molecular weight excluding hydrogens is 316 g/mol. The second-order valence-corrected chi connectivity index (χ2v) is 6.70. The monoisotopic (exact) mass is 340 g/mol. The third-order valence-electron chi connectivity index (χ3n) is 5.02. The van der Waals surface area contributed by atoms with E-state index in [1.807, 2.05) is 45.0 Å². The summed E-state index contributed by atoms with van der Waals surface area (Å²) in [5.74, 6) is -0.265. The molecule has 0 unspecified atom stereocenters. The topological polar surface area (TPSA) is 67.2 Å². The van der Waals surface area contributed by atoms with E-state index in [2.05, 4.69) is 10.4 Å². The van der Waals surface area contributed by atoms with Gasteiger partial charge in [-0.05, 0) is 24.5 Å². The zero-order valence-corrected chi connectivity index (χ0v) is 15.1. The Bertz CT molecular complexity index is 798. The summed E-state index contributed by atoms with van der Waals surface area (Å²) in [5, 5.41) is 7.11. The van der Waals surface area contributed by atoms with Crippen molar-refractivity contribution in [2.24, 2.45) is 13.0 Å². The fraction of sp³-hybridized carbons (Fsp3) is 0.421. The fourth-order valence-corrected chi connectivity index (χ4v) is 3.44. The molecule has 2 aromatic rings. The summed E-state index contributed by atoms with van der Waals surface area (Å²) in [7, 11) is 1.77. The van der Waals surface area contributed by atoms with E-state index in [-0.39, 0.29) is 23.8 Å². The average Bonchev–Trinajstić information content (AvgIpc) is 3.00. The highest BCUT2D eigenvalue weighted by atomic mass is 16.2. The Morgan fingerprint density at radius 2 is 2.08 bits per heavy atom. The predicted molar refractivity (Wildman–Crippen MR) is 96.1 cm³/mol. The summed E-state index contributed by atoms with van der Waals surface area (Å²) in [6.45, 7) is 6.02. The Kier molecular flexibility index (Phi) is 4.61. The van der Waals surface area contributed by atoms with Gasteiger partial charge < -0.3 is 10.2 Å². The minimum atomic E-state index is -0.528. The Morgan fingerprint density at radius 1 is 1.36 bits per heavy atom. The van der Waals surface area contributed by atoms with Crippen molar-refractivity contribution in [3.63, 3.8) is 0 Å². The van der Waals surface area contributed by atoms with Crippen LogP contribution < -0.4 is 5.32 Å². The van der Waals surface area contributed by atoms with Crippen molar-refractivity contribution >= 4 is 17.5 Å². The third kappa shape index (κ3) is 3.04. The molecule has 25 heavy (non-hydrogen) atoms. The number of benzene rings is 1. The summed E-state index contributed by atoms with van der Waals surface area (Å²) in [6.07, 6.45) is 4.05. The smallest absolute Gasteiger partial charge is 0.258 e. The summed E-state index contributed by atoms with van der Waals surface area (Å²) in [5.41, 5.74) is 2.21. The summed E-state index contributed by atoms with van der Waals surface area (Å²) < 4.78 is 1.60. The van der Waals surface area contributed by atoms with Crippen molar-refractivity contribution in [1.82, 2.24) is 14.7 Å². The lowest BCUT2D eigenvalue weighted by atomic mass is 9.94. The number of nitrogens with zero attached hydrogens (tertiary/aromatic N) is 3. The Morgan fingerprint density at radius 3 is 2.72 bits per heavy atom. The van der Waals surface area contributed by atoms with Gasteiger partial charge in [-0.15, -0.1) is 0 Å². The van der Waals surface area contributed by atoms with Gasteiger partial charge >= 0.3 is 0 Å². The number of nitrogens with one attached hydrogen (secondary N) is 1. The van der Waals surface area contributed by atoms with Gasteiger partial charge in [0.15, 0.2) is 0 Å². The first-order valence-electron chi connectivity index (χ1n) is 8.65. The lowest BCUT2D eigenvalue weighted by molar-refractivity contribution is -0.122. The van der Waals surface area contributed by atoms with Crippen LogP contribution in [0.5, 0.6) is 0 Å². The summed E-state index contributed by atoms with van der Waals surface area (Å²) >= 11 is 0. The van der Waals surface area contributed by atoms with Crippen LogP contribution in [0.3, 0.4) is 0 Å². The molecule has 1 aliphatic heterocycles. The molecule has 2 heterocycles. The van der Waals surface area contributed by atoms with Crippen molar-refractivity contribution in [2.75, 3.05) is 5.32 Å². The number of carbonyl (C=O) groups is 2. The van der Waals surface area contributed by atoms with E-state index < -0.39 is 6.04 Å². The molecule has 0 aliphatic carbocycles. The highest BCUT2D eigenvalue weighted by Gasteiger charge is 2.40. The fourth-order valence-electron chi connectivity index (χ4n) is 3.44. The van der Waals surface area contributed by atoms with Crippen LogP contribution in [0.4, 0.5) is 5.69 Å². The molecule has 6 nitrogen and oxygen atoms in total.